The topological polar surface area (TPSA) is 65.1 Å². The van der Waals surface area contributed by atoms with Gasteiger partial charge in [-0.15, -0.1) is 0 Å². The molecule has 0 unspecified atom stereocenters. The molecular formula is C66H14F28N6. The van der Waals surface area contributed by atoms with Gasteiger partial charge in [0.15, 0.2) is 140 Å². The summed E-state index contributed by atoms with van der Waals surface area (Å²) in [6.07, 6.45) is 2.39. The van der Waals surface area contributed by atoms with E-state index in [-0.39, 0.29) is 4.40 Å². The van der Waals surface area contributed by atoms with E-state index in [1.165, 1.54) is 0 Å². The Morgan fingerprint density at radius 3 is 1.05 bits per heavy atom. The van der Waals surface area contributed by atoms with Crippen LogP contribution in [0.5, 0.6) is 0 Å². The normalized spacial score (nSPS) is 14.1. The van der Waals surface area contributed by atoms with E-state index in [0.29, 0.717) is 77.4 Å². The number of nitrogens with zero attached hydrogens (tertiary/aromatic N) is 4. The van der Waals surface area contributed by atoms with Gasteiger partial charge in [-0.2, -0.15) is 0 Å². The van der Waals surface area contributed by atoms with Gasteiger partial charge in [0, 0.05) is 65.9 Å². The average molecular weight is 1420 g/mol. The second-order valence-corrected chi connectivity index (χ2v) is 21.9. The Bertz CT molecular complexity index is 6380. The van der Waals surface area contributed by atoms with E-state index in [1.54, 1.807) is 0 Å². The van der Waals surface area contributed by atoms with Gasteiger partial charge in [-0.1, -0.05) is 0 Å². The van der Waals surface area contributed by atoms with Gasteiger partial charge in [-0.05, 0) is 66.8 Å². The Kier molecular flexibility index (Phi) is 14.1. The highest BCUT2D eigenvalue weighted by Gasteiger charge is 2.39. The van der Waals surface area contributed by atoms with Crippen LogP contribution in [0.3, 0.4) is 0 Å². The number of fused-ring (bicyclic) bond motifs is 12. The van der Waals surface area contributed by atoms with E-state index in [0.717, 1.165) is 0 Å². The number of nitrogens with one attached hydrogen (secondary N) is 2. The highest BCUT2D eigenvalue weighted by atomic mass is 19.2. The first kappa shape index (κ1) is 64.3. The molecule has 12 aromatic rings. The van der Waals surface area contributed by atoms with Gasteiger partial charge in [0.1, 0.15) is 0 Å². The quantitative estimate of drug-likeness (QED) is 0.100. The molecule has 34 heteroatoms. The summed E-state index contributed by atoms with van der Waals surface area (Å²) in [6.45, 7) is 0. The second kappa shape index (κ2) is 21.9. The minimum atomic E-state index is -2.90. The van der Waals surface area contributed by atoms with E-state index >= 15 is 105 Å². The van der Waals surface area contributed by atoms with E-state index in [9.17, 15) is 17.6 Å². The maximum absolute atomic E-state index is 16.9. The Morgan fingerprint density at radius 2 is 0.600 bits per heavy atom. The summed E-state index contributed by atoms with van der Waals surface area (Å²) in [5, 5.41) is -9.49. The summed E-state index contributed by atoms with van der Waals surface area (Å²) >= 11 is 0. The first-order valence-corrected chi connectivity index (χ1v) is 27.5. The molecule has 2 N–H and O–H groups in total. The van der Waals surface area contributed by atoms with Gasteiger partial charge in [-0.3, -0.25) is 0 Å². The summed E-state index contributed by atoms with van der Waals surface area (Å²) in [5.74, 6) is -76.6. The third-order valence-corrected chi connectivity index (χ3v) is 16.8. The molecule has 6 nitrogen and oxygen atoms in total. The fourth-order valence-corrected chi connectivity index (χ4v) is 12.5. The van der Waals surface area contributed by atoms with Crippen molar-refractivity contribution in [2.24, 2.45) is 9.98 Å². The van der Waals surface area contributed by atoms with Crippen LogP contribution in [0.25, 0.3) is 60.8 Å². The lowest BCUT2D eigenvalue weighted by Crippen LogP contribution is -2.23. The largest absolute Gasteiger partial charge is 0.354 e. The summed E-state index contributed by atoms with van der Waals surface area (Å²) in [5.41, 5.74) is -26.6. The number of aromatic amines is 2. The summed E-state index contributed by atoms with van der Waals surface area (Å²) in [4.78, 5) is 12.6. The fraction of sp³-hybridized carbons (Fsp3) is 0. The second-order valence-electron chi connectivity index (χ2n) is 21.9. The molecule has 6 aromatic carbocycles. The van der Waals surface area contributed by atoms with E-state index in [1.807, 2.05) is 0 Å². The first-order valence-electron chi connectivity index (χ1n) is 27.5. The molecule has 9 heterocycles. The highest BCUT2D eigenvalue weighted by Crippen LogP contribution is 2.43. The maximum Gasteiger partial charge on any atom is 0.200 e. The van der Waals surface area contributed by atoms with Crippen LogP contribution in [0.15, 0.2) is 88.6 Å². The van der Waals surface area contributed by atoms with E-state index in [4.69, 9.17) is 0 Å². The summed E-state index contributed by atoms with van der Waals surface area (Å²) < 4.78 is 447. The van der Waals surface area contributed by atoms with Crippen molar-refractivity contribution in [3.63, 3.8) is 0 Å². The lowest BCUT2D eigenvalue weighted by atomic mass is 9.96. The third-order valence-electron chi connectivity index (χ3n) is 16.8. The number of aliphatic imine (C=N–C) groups is 2. The van der Waals surface area contributed by atoms with Gasteiger partial charge in [0.2, 0.25) is 23.3 Å². The van der Waals surface area contributed by atoms with Crippen LogP contribution in [0, 0.1) is 173 Å². The zero-order valence-electron chi connectivity index (χ0n) is 47.3. The van der Waals surface area contributed by atoms with E-state index < -0.39 is 306 Å². The highest BCUT2D eigenvalue weighted by molar-refractivity contribution is 6.32. The van der Waals surface area contributed by atoms with Crippen LogP contribution in [0.1, 0.15) is 33.5 Å². The summed E-state index contributed by atoms with van der Waals surface area (Å²) in [6, 6.07) is 3.71. The Balaban J connectivity index is 1.23. The zero-order valence-corrected chi connectivity index (χ0v) is 47.3. The molecule has 3 aliphatic heterocycles. The number of H-pyrrole nitrogens is 2. The molecule has 15 rings (SSSR count). The van der Waals surface area contributed by atoms with Crippen LogP contribution in [0.4, 0.5) is 123 Å². The number of allylic oxidation sites excluding steroid dienone is 3. The van der Waals surface area contributed by atoms with Gasteiger partial charge in [0.05, 0.1) is 83.6 Å². The number of hydrogen-bond donors (Lipinski definition) is 2. The average Bonchev–Trinajstić information content (AvgIpc) is 1.55. The minimum Gasteiger partial charge on any atom is -0.354 e. The smallest absolute Gasteiger partial charge is 0.200 e. The predicted molar refractivity (Wildman–Crippen MR) is 293 cm³/mol. The maximum atomic E-state index is 16.9. The molecule has 0 aliphatic carbocycles. The van der Waals surface area contributed by atoms with Crippen LogP contribution in [-0.4, -0.2) is 30.2 Å². The van der Waals surface area contributed by atoms with Crippen molar-refractivity contribution in [1.82, 2.24) is 18.8 Å². The lowest BCUT2D eigenvalue weighted by molar-refractivity contribution is 0.376. The van der Waals surface area contributed by atoms with Crippen molar-refractivity contribution in [2.45, 2.75) is 0 Å². The molecule has 14 bridgehead atoms. The van der Waals surface area contributed by atoms with Crippen molar-refractivity contribution in [3.8, 4) is 0 Å². The zero-order chi connectivity index (χ0) is 71.6. The Labute approximate surface area is 529 Å². The van der Waals surface area contributed by atoms with Crippen molar-refractivity contribution in [1.29, 1.82) is 0 Å². The number of aromatic nitrogens is 4. The van der Waals surface area contributed by atoms with Crippen LogP contribution >= 0.6 is 0 Å². The monoisotopic (exact) mass is 1420 g/mol. The molecule has 504 valence electrons. The van der Waals surface area contributed by atoms with Gasteiger partial charge < -0.3 is 18.8 Å². The predicted octanol–water partition coefficient (Wildman–Crippen LogP) is 15.0. The molecule has 100 heavy (non-hydrogen) atoms. The standard InChI is InChI=1S/C66H14F28N6/c67-37-31(38(68)48(78)57(87)47(37)77)25-13-11-24-30(35-45(75)55(85)61(91)63(93)65(35)99(24)12-13)21-8-5-18(98-21)27(33-41(71)51(81)59(89)52(82)42(33)72)17-4-7-20(97-17)29-23-10-9-22(100(23)66-36(29)46(76)56(86)62(92)64(66)94)28(34-43(73)53(83)60(90)54(84)44(34)74)19-6-3-16(96-19)26(15-2-1-14(25)95-15)32-39(69)49(79)58(88)50(80)40(32)70/h1-12,96,98H. The van der Waals surface area contributed by atoms with Gasteiger partial charge >= 0.3 is 0 Å². The van der Waals surface area contributed by atoms with E-state index in [2.05, 4.69) is 20.0 Å². The molecular weight excluding hydrogens is 1410 g/mol. The molecule has 0 atom stereocenters. The fourth-order valence-electron chi connectivity index (χ4n) is 12.5. The number of hydrogen-bond acceptors (Lipinski definition) is 2. The molecule has 3 aliphatic rings. The Morgan fingerprint density at radius 1 is 0.270 bits per heavy atom. The lowest BCUT2D eigenvalue weighted by Gasteiger charge is -2.14. The molecule has 6 aromatic heterocycles. The Hall–Kier alpha value is -11.7. The van der Waals surface area contributed by atoms with Gasteiger partial charge in [-0.25, -0.2) is 133 Å². The number of rotatable bonds is 4. The van der Waals surface area contributed by atoms with Crippen molar-refractivity contribution in [3.05, 3.63) is 307 Å². The van der Waals surface area contributed by atoms with Crippen LogP contribution < -0.4 is 21.3 Å². The third kappa shape index (κ3) is 8.40. The molecule has 0 radical (unpaired) electrons. The molecule has 0 fully saturated rings. The van der Waals surface area contributed by atoms with Crippen LogP contribution in [-0.2, 0) is 0 Å². The summed E-state index contributed by atoms with van der Waals surface area (Å²) in [7, 11) is 0. The molecule has 0 saturated heterocycles. The number of halogens is 28. The molecule has 0 saturated carbocycles. The minimum absolute atomic E-state index is 0.156. The number of benzene rings is 6. The first-order chi connectivity index (χ1) is 47.3. The van der Waals surface area contributed by atoms with Crippen molar-refractivity contribution >= 4 is 72.3 Å². The van der Waals surface area contributed by atoms with Gasteiger partial charge in [0.25, 0.3) is 0 Å². The van der Waals surface area contributed by atoms with Crippen LogP contribution in [0.2, 0.25) is 0 Å². The van der Waals surface area contributed by atoms with Crippen molar-refractivity contribution < 1.29 is 123 Å². The molecule has 0 spiro atoms. The van der Waals surface area contributed by atoms with Crippen molar-refractivity contribution in [2.75, 3.05) is 0 Å². The molecule has 0 amide bonds. The SMILES string of the molecule is Fc1c(F)c(F)c(C2=C3C=CC(=N3)C(c3c(F)c(F)c(F)c(F)c3F)=c3ccc([nH]3)=C(c3c(F)c(F)c(F)c(F)c3F)c3ccc4c(c5c(F)c(F)c(F)c(F)c5n34)=C3C=CC(=N3)C(c3c(F)c(F)c(F)c(F)c3F)=c3ccc([nH]3)=c3c4c(F)c(F)c(F)c(F)c4n4cc2cc34)c(F)c1F.